The highest BCUT2D eigenvalue weighted by Crippen LogP contribution is 2.50. The summed E-state index contributed by atoms with van der Waals surface area (Å²) in [6.07, 6.45) is 0. The van der Waals surface area contributed by atoms with Gasteiger partial charge in [-0.15, -0.1) is 0 Å². The number of para-hydroxylation sites is 3. The normalized spacial score (nSPS) is 11.5. The van der Waals surface area contributed by atoms with Gasteiger partial charge in [0.15, 0.2) is 0 Å². The largest absolute Gasteiger partial charge is 0.456 e. The Balaban J connectivity index is 1.14. The van der Waals surface area contributed by atoms with Gasteiger partial charge in [-0.2, -0.15) is 0 Å². The van der Waals surface area contributed by atoms with E-state index >= 15 is 0 Å². The molecule has 2 aromatic heterocycles. The summed E-state index contributed by atoms with van der Waals surface area (Å²) in [6, 6.07) is 87.4. The van der Waals surface area contributed by atoms with Gasteiger partial charge in [0.25, 0.3) is 0 Å². The first-order valence-corrected chi connectivity index (χ1v) is 21.5. The number of hydrogen-bond donors (Lipinski definition) is 0. The van der Waals surface area contributed by atoms with E-state index in [1.807, 2.05) is 12.1 Å². The standard InChI is InChI=1S/C60H40N2O/c1-4-18-42(19-5-1)47-24-10-11-26-50(47)59-48(43-20-6-2-7-21-43)28-16-30-54(59)62(46-37-34-41(35-38-46)44-36-39-58-52(40-44)49-25-13-15-33-57(49)63-58)56-32-17-31-55-60(56)51-27-12-14-29-53(51)61(55)45-22-8-3-9-23-45/h1-40H. The lowest BCUT2D eigenvalue weighted by Gasteiger charge is -2.30. The van der Waals surface area contributed by atoms with Crippen LogP contribution in [0.3, 0.4) is 0 Å². The van der Waals surface area contributed by atoms with Crippen LogP contribution in [0.5, 0.6) is 0 Å². The van der Waals surface area contributed by atoms with Gasteiger partial charge in [0, 0.05) is 38.5 Å². The Kier molecular flexibility index (Phi) is 8.83. The lowest BCUT2D eigenvalue weighted by molar-refractivity contribution is 0.669. The van der Waals surface area contributed by atoms with Gasteiger partial charge >= 0.3 is 0 Å². The summed E-state index contributed by atoms with van der Waals surface area (Å²) in [5, 5.41) is 4.63. The fourth-order valence-electron chi connectivity index (χ4n) is 9.60. The third-order valence-electron chi connectivity index (χ3n) is 12.4. The molecule has 0 bridgehead atoms. The molecule has 0 spiro atoms. The molecule has 0 aliphatic rings. The topological polar surface area (TPSA) is 21.3 Å². The number of benzene rings is 10. The summed E-state index contributed by atoms with van der Waals surface area (Å²) in [7, 11) is 0. The molecule has 0 N–H and O–H groups in total. The molecular weight excluding hydrogens is 765 g/mol. The minimum absolute atomic E-state index is 0.895. The Morgan fingerprint density at radius 1 is 0.333 bits per heavy atom. The van der Waals surface area contributed by atoms with E-state index in [0.29, 0.717) is 0 Å². The maximum absolute atomic E-state index is 6.20. The highest BCUT2D eigenvalue weighted by atomic mass is 16.3. The maximum atomic E-state index is 6.20. The third-order valence-corrected chi connectivity index (χ3v) is 12.4. The molecule has 3 heteroatoms. The Morgan fingerprint density at radius 3 is 1.67 bits per heavy atom. The van der Waals surface area contributed by atoms with Crippen LogP contribution in [0.25, 0.3) is 93.9 Å². The predicted molar refractivity (Wildman–Crippen MR) is 264 cm³/mol. The van der Waals surface area contributed by atoms with E-state index in [0.717, 1.165) is 83.5 Å². The molecule has 0 radical (unpaired) electrons. The van der Waals surface area contributed by atoms with E-state index < -0.39 is 0 Å². The van der Waals surface area contributed by atoms with Gasteiger partial charge in [-0.25, -0.2) is 0 Å². The van der Waals surface area contributed by atoms with Crippen LogP contribution in [-0.4, -0.2) is 4.57 Å². The van der Waals surface area contributed by atoms with E-state index in [-0.39, 0.29) is 0 Å². The smallest absolute Gasteiger partial charge is 0.135 e. The first kappa shape index (κ1) is 36.5. The quantitative estimate of drug-likeness (QED) is 0.153. The molecule has 0 aliphatic heterocycles. The number of fused-ring (bicyclic) bond motifs is 6. The van der Waals surface area contributed by atoms with Crippen molar-refractivity contribution in [2.75, 3.05) is 4.90 Å². The van der Waals surface area contributed by atoms with Crippen LogP contribution in [0, 0.1) is 0 Å². The highest BCUT2D eigenvalue weighted by molar-refractivity contribution is 6.17. The van der Waals surface area contributed by atoms with Gasteiger partial charge in [0.1, 0.15) is 11.2 Å². The van der Waals surface area contributed by atoms with Crippen molar-refractivity contribution in [1.29, 1.82) is 0 Å². The lowest BCUT2D eigenvalue weighted by atomic mass is 9.87. The Labute approximate surface area is 366 Å². The van der Waals surface area contributed by atoms with Gasteiger partial charge in [-0.3, -0.25) is 0 Å². The molecule has 63 heavy (non-hydrogen) atoms. The summed E-state index contributed by atoms with van der Waals surface area (Å²) in [5.74, 6) is 0. The lowest BCUT2D eigenvalue weighted by Crippen LogP contribution is -2.12. The second-order valence-electron chi connectivity index (χ2n) is 16.0. The number of anilines is 3. The molecule has 2 heterocycles. The Morgan fingerprint density at radius 2 is 0.889 bits per heavy atom. The fraction of sp³-hybridized carbons (Fsp3) is 0. The van der Waals surface area contributed by atoms with Gasteiger partial charge < -0.3 is 13.9 Å². The van der Waals surface area contributed by atoms with Gasteiger partial charge in [0.05, 0.1) is 22.4 Å². The van der Waals surface area contributed by atoms with Crippen LogP contribution in [-0.2, 0) is 0 Å². The molecule has 0 aliphatic carbocycles. The molecule has 0 saturated heterocycles. The zero-order chi connectivity index (χ0) is 41.7. The van der Waals surface area contributed by atoms with Gasteiger partial charge in [-0.05, 0) is 106 Å². The number of furan rings is 1. The molecule has 0 saturated carbocycles. The SMILES string of the molecule is c1ccc(-c2ccccc2-c2c(-c3ccccc3)cccc2N(c2ccc(-c3ccc4oc5ccccc5c4c3)cc2)c2cccc3c2c2ccccc2n3-c2ccccc2)cc1. The summed E-state index contributed by atoms with van der Waals surface area (Å²) < 4.78 is 8.60. The van der Waals surface area contributed by atoms with Crippen molar-refractivity contribution < 1.29 is 4.42 Å². The van der Waals surface area contributed by atoms with Crippen molar-refractivity contribution in [3.63, 3.8) is 0 Å². The van der Waals surface area contributed by atoms with E-state index in [4.69, 9.17) is 4.42 Å². The van der Waals surface area contributed by atoms with Crippen molar-refractivity contribution in [3.05, 3.63) is 243 Å². The Hall–Kier alpha value is -8.40. The molecule has 0 atom stereocenters. The Bertz CT molecular complexity index is 3600. The second-order valence-corrected chi connectivity index (χ2v) is 16.0. The predicted octanol–water partition coefficient (Wildman–Crippen LogP) is 16.8. The summed E-state index contributed by atoms with van der Waals surface area (Å²) in [4.78, 5) is 2.49. The molecular formula is C60H40N2O. The molecule has 12 aromatic rings. The molecule has 0 amide bonds. The summed E-state index contributed by atoms with van der Waals surface area (Å²) in [6.45, 7) is 0. The minimum Gasteiger partial charge on any atom is -0.456 e. The monoisotopic (exact) mass is 804 g/mol. The molecule has 12 rings (SSSR count). The number of rotatable bonds is 8. The second kappa shape index (κ2) is 15.3. The van der Waals surface area contributed by atoms with Crippen LogP contribution >= 0.6 is 0 Å². The van der Waals surface area contributed by atoms with Crippen molar-refractivity contribution in [2.45, 2.75) is 0 Å². The van der Waals surface area contributed by atoms with Crippen LogP contribution in [0.2, 0.25) is 0 Å². The molecule has 10 aromatic carbocycles. The van der Waals surface area contributed by atoms with Crippen LogP contribution in [0.15, 0.2) is 247 Å². The highest BCUT2D eigenvalue weighted by Gasteiger charge is 2.26. The van der Waals surface area contributed by atoms with Crippen molar-refractivity contribution in [2.24, 2.45) is 0 Å². The summed E-state index contributed by atoms with van der Waals surface area (Å²) in [5.41, 5.74) is 17.8. The zero-order valence-corrected chi connectivity index (χ0v) is 34.4. The van der Waals surface area contributed by atoms with Crippen molar-refractivity contribution >= 4 is 60.8 Å². The fourth-order valence-corrected chi connectivity index (χ4v) is 9.60. The van der Waals surface area contributed by atoms with Crippen LogP contribution < -0.4 is 4.90 Å². The van der Waals surface area contributed by atoms with Crippen LogP contribution in [0.4, 0.5) is 17.1 Å². The zero-order valence-electron chi connectivity index (χ0n) is 34.4. The van der Waals surface area contributed by atoms with E-state index in [1.165, 1.54) is 27.5 Å². The average molecular weight is 805 g/mol. The maximum Gasteiger partial charge on any atom is 0.135 e. The molecule has 0 unspecified atom stereocenters. The van der Waals surface area contributed by atoms with Crippen molar-refractivity contribution in [1.82, 2.24) is 4.57 Å². The minimum atomic E-state index is 0.895. The number of hydrogen-bond acceptors (Lipinski definition) is 2. The number of aromatic nitrogens is 1. The first-order valence-electron chi connectivity index (χ1n) is 21.5. The van der Waals surface area contributed by atoms with Crippen molar-refractivity contribution in [3.8, 4) is 50.2 Å². The molecule has 0 fully saturated rings. The third kappa shape index (κ3) is 6.21. The van der Waals surface area contributed by atoms with E-state index in [2.05, 4.69) is 240 Å². The number of nitrogens with zero attached hydrogens (tertiary/aromatic N) is 2. The summed E-state index contributed by atoms with van der Waals surface area (Å²) >= 11 is 0. The molecule has 3 nitrogen and oxygen atoms in total. The molecule has 296 valence electrons. The van der Waals surface area contributed by atoms with Gasteiger partial charge in [-0.1, -0.05) is 176 Å². The van der Waals surface area contributed by atoms with E-state index in [9.17, 15) is 0 Å². The van der Waals surface area contributed by atoms with Crippen LogP contribution in [0.1, 0.15) is 0 Å². The average Bonchev–Trinajstić information content (AvgIpc) is 3.91. The van der Waals surface area contributed by atoms with Gasteiger partial charge in [0.2, 0.25) is 0 Å². The van der Waals surface area contributed by atoms with E-state index in [1.54, 1.807) is 0 Å². The first-order chi connectivity index (χ1) is 31.3.